The van der Waals surface area contributed by atoms with Crippen LogP contribution >= 0.6 is 23.3 Å². The summed E-state index contributed by atoms with van der Waals surface area (Å²) in [5.41, 5.74) is 2.46. The van der Waals surface area contributed by atoms with E-state index in [1.807, 2.05) is 36.7 Å². The Bertz CT molecular complexity index is 896. The van der Waals surface area contributed by atoms with Crippen molar-refractivity contribution in [3.8, 4) is 11.3 Å². The van der Waals surface area contributed by atoms with Gasteiger partial charge in [-0.05, 0) is 49.3 Å². The Morgan fingerprint density at radius 2 is 1.96 bits per heavy atom. The Balaban J connectivity index is 1.75. The molecule has 0 saturated heterocycles. The lowest BCUT2D eigenvalue weighted by molar-refractivity contribution is 0.596. The molecular weight excluding hydrogens is 377 g/mol. The second kappa shape index (κ2) is 8.09. The highest BCUT2D eigenvalue weighted by Gasteiger charge is 2.09. The Morgan fingerprint density at radius 1 is 1.20 bits per heavy atom. The molecular formula is C17H16FN3OS3. The van der Waals surface area contributed by atoms with Gasteiger partial charge in [-0.2, -0.15) is 0 Å². The Kier molecular flexibility index (Phi) is 5.85. The van der Waals surface area contributed by atoms with Crippen LogP contribution in [0.5, 0.6) is 0 Å². The van der Waals surface area contributed by atoms with E-state index in [2.05, 4.69) is 15.0 Å². The standard InChI is InChI=1S/C17H16FN3OS3/c1-19-24-13-6-3-11(4-7-13)15-10-23-17(21-15)20-12-5-8-16(25(2)22)14(18)9-12/h3-10,19H,1-2H3,(H,20,21). The van der Waals surface area contributed by atoms with Gasteiger partial charge in [0.2, 0.25) is 0 Å². The quantitative estimate of drug-likeness (QED) is 0.597. The predicted molar refractivity (Wildman–Crippen MR) is 104 cm³/mol. The summed E-state index contributed by atoms with van der Waals surface area (Å²) in [6, 6.07) is 12.7. The van der Waals surface area contributed by atoms with Crippen molar-refractivity contribution < 1.29 is 8.60 Å². The van der Waals surface area contributed by atoms with Gasteiger partial charge < -0.3 is 5.32 Å². The molecule has 0 aliphatic carbocycles. The van der Waals surface area contributed by atoms with Crippen LogP contribution in [0.1, 0.15) is 0 Å². The lowest BCUT2D eigenvalue weighted by Gasteiger charge is -2.05. The first-order valence-corrected chi connectivity index (χ1v) is 10.6. The summed E-state index contributed by atoms with van der Waals surface area (Å²) in [6.07, 6.45) is 1.46. The molecule has 0 saturated carbocycles. The number of halogens is 1. The summed E-state index contributed by atoms with van der Waals surface area (Å²) >= 11 is 3.00. The number of thiazole rings is 1. The number of rotatable bonds is 6. The van der Waals surface area contributed by atoms with E-state index in [0.717, 1.165) is 16.2 Å². The first-order valence-electron chi connectivity index (χ1n) is 7.36. The van der Waals surface area contributed by atoms with Crippen LogP contribution in [0.2, 0.25) is 0 Å². The van der Waals surface area contributed by atoms with Crippen LogP contribution < -0.4 is 10.0 Å². The van der Waals surface area contributed by atoms with Crippen molar-refractivity contribution in [2.24, 2.45) is 0 Å². The van der Waals surface area contributed by atoms with Crippen LogP contribution in [-0.4, -0.2) is 22.5 Å². The first-order chi connectivity index (χ1) is 12.1. The van der Waals surface area contributed by atoms with Gasteiger partial charge in [0.1, 0.15) is 5.82 Å². The molecule has 0 aliphatic rings. The maximum Gasteiger partial charge on any atom is 0.187 e. The van der Waals surface area contributed by atoms with Gasteiger partial charge in [-0.15, -0.1) is 11.3 Å². The molecule has 8 heteroatoms. The van der Waals surface area contributed by atoms with Crippen LogP contribution in [0.25, 0.3) is 11.3 Å². The molecule has 2 N–H and O–H groups in total. The fourth-order valence-electron chi connectivity index (χ4n) is 2.21. The van der Waals surface area contributed by atoms with Crippen molar-refractivity contribution in [3.05, 3.63) is 53.7 Å². The highest BCUT2D eigenvalue weighted by Crippen LogP contribution is 2.29. The molecule has 3 aromatic rings. The Hall–Kier alpha value is -1.74. The lowest BCUT2D eigenvalue weighted by Crippen LogP contribution is -1.96. The summed E-state index contributed by atoms with van der Waals surface area (Å²) in [4.78, 5) is 5.87. The van der Waals surface area contributed by atoms with Crippen molar-refractivity contribution in [1.82, 2.24) is 9.71 Å². The van der Waals surface area contributed by atoms with E-state index in [1.54, 1.807) is 18.0 Å². The number of hydrogen-bond acceptors (Lipinski definition) is 6. The fraction of sp³-hybridized carbons (Fsp3) is 0.118. The number of nitrogens with zero attached hydrogens (tertiary/aromatic N) is 1. The SMILES string of the molecule is CNSc1ccc(-c2csc(Nc3ccc(S(C)=O)c(F)c3)n2)cc1. The second-order valence-electron chi connectivity index (χ2n) is 5.09. The van der Waals surface area contributed by atoms with Crippen molar-refractivity contribution in [3.63, 3.8) is 0 Å². The summed E-state index contributed by atoms with van der Waals surface area (Å²) in [5.74, 6) is -0.486. The van der Waals surface area contributed by atoms with Gasteiger partial charge in [-0.25, -0.2) is 9.37 Å². The molecule has 4 nitrogen and oxygen atoms in total. The second-order valence-corrected chi connectivity index (χ2v) is 8.38. The van der Waals surface area contributed by atoms with Crippen molar-refractivity contribution in [2.45, 2.75) is 9.79 Å². The molecule has 1 aromatic heterocycles. The zero-order chi connectivity index (χ0) is 17.8. The van der Waals surface area contributed by atoms with Crippen LogP contribution in [0.15, 0.2) is 57.6 Å². The van der Waals surface area contributed by atoms with E-state index in [1.165, 1.54) is 29.7 Å². The molecule has 0 spiro atoms. The molecule has 130 valence electrons. The van der Waals surface area contributed by atoms with Gasteiger partial charge in [0.15, 0.2) is 5.13 Å². The third kappa shape index (κ3) is 4.46. The number of benzene rings is 2. The smallest absolute Gasteiger partial charge is 0.187 e. The Morgan fingerprint density at radius 3 is 2.60 bits per heavy atom. The van der Waals surface area contributed by atoms with Gasteiger partial charge in [-0.1, -0.05) is 12.1 Å². The largest absolute Gasteiger partial charge is 0.331 e. The molecule has 3 rings (SSSR count). The number of hydrogen-bond donors (Lipinski definition) is 2. The number of nitrogens with one attached hydrogen (secondary N) is 2. The molecule has 0 amide bonds. The fourth-order valence-corrected chi connectivity index (χ4v) is 4.05. The third-order valence-electron chi connectivity index (χ3n) is 3.37. The minimum atomic E-state index is -1.34. The molecule has 25 heavy (non-hydrogen) atoms. The predicted octanol–water partition coefficient (Wildman–Crippen LogP) is 4.66. The minimum absolute atomic E-state index is 0.199. The molecule has 1 atom stereocenters. The van der Waals surface area contributed by atoms with E-state index < -0.39 is 16.6 Å². The van der Waals surface area contributed by atoms with Crippen molar-refractivity contribution in [2.75, 3.05) is 18.6 Å². The van der Waals surface area contributed by atoms with Crippen molar-refractivity contribution in [1.29, 1.82) is 0 Å². The molecule has 0 radical (unpaired) electrons. The average Bonchev–Trinajstić information content (AvgIpc) is 3.04. The van der Waals surface area contributed by atoms with Crippen LogP contribution in [0.4, 0.5) is 15.2 Å². The number of anilines is 2. The van der Waals surface area contributed by atoms with E-state index in [-0.39, 0.29) is 4.90 Å². The molecule has 1 heterocycles. The third-order valence-corrected chi connectivity index (χ3v) is 5.79. The average molecular weight is 394 g/mol. The van der Waals surface area contributed by atoms with Gasteiger partial charge in [-0.3, -0.25) is 8.93 Å². The molecule has 1 unspecified atom stereocenters. The van der Waals surface area contributed by atoms with E-state index in [9.17, 15) is 8.60 Å². The van der Waals surface area contributed by atoms with Gasteiger partial charge in [0, 0.05) is 27.8 Å². The normalized spacial score (nSPS) is 12.1. The lowest BCUT2D eigenvalue weighted by atomic mass is 10.2. The topological polar surface area (TPSA) is 54.0 Å². The van der Waals surface area contributed by atoms with Gasteiger partial charge >= 0.3 is 0 Å². The summed E-state index contributed by atoms with van der Waals surface area (Å²) in [6.45, 7) is 0. The highest BCUT2D eigenvalue weighted by atomic mass is 32.2. The molecule has 0 bridgehead atoms. The Labute approximate surface area is 156 Å². The van der Waals surface area contributed by atoms with E-state index >= 15 is 0 Å². The van der Waals surface area contributed by atoms with Crippen LogP contribution in [0.3, 0.4) is 0 Å². The maximum absolute atomic E-state index is 13.9. The van der Waals surface area contributed by atoms with Crippen LogP contribution in [0, 0.1) is 5.82 Å². The maximum atomic E-state index is 13.9. The molecule has 2 aromatic carbocycles. The summed E-state index contributed by atoms with van der Waals surface area (Å²) in [5, 5.41) is 5.71. The van der Waals surface area contributed by atoms with E-state index in [4.69, 9.17) is 0 Å². The monoisotopic (exact) mass is 393 g/mol. The molecule has 0 aliphatic heterocycles. The van der Waals surface area contributed by atoms with Crippen molar-refractivity contribution >= 4 is 44.9 Å². The summed E-state index contributed by atoms with van der Waals surface area (Å²) < 4.78 is 28.3. The minimum Gasteiger partial charge on any atom is -0.331 e. The highest BCUT2D eigenvalue weighted by molar-refractivity contribution is 7.97. The zero-order valence-corrected chi connectivity index (χ0v) is 16.0. The number of aromatic nitrogens is 1. The van der Waals surface area contributed by atoms with Gasteiger partial charge in [0.25, 0.3) is 0 Å². The summed E-state index contributed by atoms with van der Waals surface area (Å²) in [7, 11) is 0.538. The molecule has 0 fully saturated rings. The zero-order valence-electron chi connectivity index (χ0n) is 13.6. The van der Waals surface area contributed by atoms with E-state index in [0.29, 0.717) is 10.8 Å². The first kappa shape index (κ1) is 18.1. The van der Waals surface area contributed by atoms with Crippen LogP contribution in [-0.2, 0) is 10.8 Å². The van der Waals surface area contributed by atoms with Gasteiger partial charge in [0.05, 0.1) is 21.4 Å².